The lowest BCUT2D eigenvalue weighted by Gasteiger charge is -2.32. The number of nitrogens with two attached hydrogens (primary N) is 1. The van der Waals surface area contributed by atoms with Crippen LogP contribution >= 0.6 is 0 Å². The highest BCUT2D eigenvalue weighted by molar-refractivity contribution is 5.94. The van der Waals surface area contributed by atoms with Gasteiger partial charge in [-0.1, -0.05) is 0 Å². The summed E-state index contributed by atoms with van der Waals surface area (Å²) in [7, 11) is 0. The zero-order valence-corrected chi connectivity index (χ0v) is 11.5. The summed E-state index contributed by atoms with van der Waals surface area (Å²) >= 11 is 0. The first kappa shape index (κ1) is 15.8. The van der Waals surface area contributed by atoms with Crippen molar-refractivity contribution < 1.29 is 18.0 Å². The number of benzene rings is 1. The Labute approximate surface area is 121 Å². The topological polar surface area (TPSA) is 58.4 Å². The lowest BCUT2D eigenvalue weighted by molar-refractivity contribution is 0.0910. The van der Waals surface area contributed by atoms with Crippen molar-refractivity contribution in [2.75, 3.05) is 26.2 Å². The van der Waals surface area contributed by atoms with Gasteiger partial charge in [0.05, 0.1) is 0 Å². The van der Waals surface area contributed by atoms with Crippen molar-refractivity contribution in [3.63, 3.8) is 0 Å². The van der Waals surface area contributed by atoms with Gasteiger partial charge in [0.2, 0.25) is 0 Å². The summed E-state index contributed by atoms with van der Waals surface area (Å²) in [6, 6.07) is 1.36. The van der Waals surface area contributed by atoms with E-state index in [2.05, 4.69) is 10.2 Å². The van der Waals surface area contributed by atoms with Gasteiger partial charge < -0.3 is 16.0 Å². The minimum atomic E-state index is -1.57. The summed E-state index contributed by atoms with van der Waals surface area (Å²) in [6.07, 6.45) is 1.50. The van der Waals surface area contributed by atoms with Gasteiger partial charge in [-0.3, -0.25) is 4.79 Å². The van der Waals surface area contributed by atoms with Crippen molar-refractivity contribution >= 4 is 5.91 Å². The van der Waals surface area contributed by atoms with Crippen LogP contribution in [0.5, 0.6) is 0 Å². The van der Waals surface area contributed by atoms with Gasteiger partial charge in [-0.15, -0.1) is 0 Å². The van der Waals surface area contributed by atoms with Crippen LogP contribution < -0.4 is 11.1 Å². The predicted octanol–water partition coefficient (Wildman–Crippen LogP) is 1.26. The number of piperidine rings is 1. The molecule has 2 rings (SSSR count). The molecule has 1 aliphatic rings. The van der Waals surface area contributed by atoms with Gasteiger partial charge in [0.25, 0.3) is 5.91 Å². The van der Waals surface area contributed by atoms with Crippen LogP contribution in [0, 0.1) is 17.5 Å². The summed E-state index contributed by atoms with van der Waals surface area (Å²) < 4.78 is 39.1. The Hall–Kier alpha value is -1.60. The molecule has 1 saturated heterocycles. The maximum absolute atomic E-state index is 13.1. The molecule has 21 heavy (non-hydrogen) atoms. The van der Waals surface area contributed by atoms with E-state index in [0.29, 0.717) is 18.7 Å². The minimum Gasteiger partial charge on any atom is -0.349 e. The molecule has 1 aliphatic heterocycles. The number of halogens is 3. The summed E-state index contributed by atoms with van der Waals surface area (Å²) in [6.45, 7) is 3.03. The Bertz CT molecular complexity index is 493. The van der Waals surface area contributed by atoms with Crippen molar-refractivity contribution in [2.45, 2.75) is 18.9 Å². The van der Waals surface area contributed by atoms with E-state index < -0.39 is 23.4 Å². The van der Waals surface area contributed by atoms with E-state index in [0.717, 1.165) is 32.5 Å². The highest BCUT2D eigenvalue weighted by atomic mass is 19.2. The first-order chi connectivity index (χ1) is 10.0. The molecule has 3 N–H and O–H groups in total. The van der Waals surface area contributed by atoms with Gasteiger partial charge in [-0.05, 0) is 25.0 Å². The SMILES string of the molecule is NCCN1CCC(NC(=O)c2cc(F)c(F)c(F)c2)CC1. The fourth-order valence-electron chi connectivity index (χ4n) is 2.44. The quantitative estimate of drug-likeness (QED) is 0.823. The van der Waals surface area contributed by atoms with E-state index >= 15 is 0 Å². The monoisotopic (exact) mass is 301 g/mol. The van der Waals surface area contributed by atoms with Crippen LogP contribution in [0.15, 0.2) is 12.1 Å². The summed E-state index contributed by atoms with van der Waals surface area (Å²) in [5.74, 6) is -4.89. The minimum absolute atomic E-state index is 0.0531. The first-order valence-electron chi connectivity index (χ1n) is 6.89. The molecule has 0 radical (unpaired) electrons. The fourth-order valence-corrected chi connectivity index (χ4v) is 2.44. The number of hydrogen-bond donors (Lipinski definition) is 2. The Morgan fingerprint density at radius 2 is 1.81 bits per heavy atom. The Balaban J connectivity index is 1.93. The van der Waals surface area contributed by atoms with Crippen molar-refractivity contribution in [3.05, 3.63) is 35.1 Å². The van der Waals surface area contributed by atoms with Crippen LogP contribution in [0.4, 0.5) is 13.2 Å². The number of amides is 1. The molecular weight excluding hydrogens is 283 g/mol. The standard InChI is InChI=1S/C14H18F3N3O/c15-11-7-9(8-12(16)13(11)17)14(21)19-10-1-4-20(5-2-10)6-3-18/h7-8,10H,1-6,18H2,(H,19,21). The molecule has 1 aromatic carbocycles. The maximum atomic E-state index is 13.1. The van der Waals surface area contributed by atoms with Gasteiger partial charge in [0.15, 0.2) is 17.5 Å². The molecular formula is C14H18F3N3O. The predicted molar refractivity (Wildman–Crippen MR) is 72.3 cm³/mol. The maximum Gasteiger partial charge on any atom is 0.251 e. The second kappa shape index (κ2) is 6.91. The third-order valence-corrected chi connectivity index (χ3v) is 3.61. The summed E-state index contributed by atoms with van der Waals surface area (Å²) in [5.41, 5.74) is 5.27. The van der Waals surface area contributed by atoms with Crippen LogP contribution in [0.25, 0.3) is 0 Å². The lowest BCUT2D eigenvalue weighted by Crippen LogP contribution is -2.45. The number of carbonyl (C=O) groups excluding carboxylic acids is 1. The average molecular weight is 301 g/mol. The van der Waals surface area contributed by atoms with Crippen LogP contribution in [-0.4, -0.2) is 43.0 Å². The molecule has 1 fully saturated rings. The summed E-state index contributed by atoms with van der Waals surface area (Å²) in [5, 5.41) is 2.72. The van der Waals surface area contributed by atoms with Gasteiger partial charge >= 0.3 is 0 Å². The molecule has 0 aliphatic carbocycles. The van der Waals surface area contributed by atoms with E-state index in [9.17, 15) is 18.0 Å². The Morgan fingerprint density at radius 1 is 1.24 bits per heavy atom. The molecule has 0 aromatic heterocycles. The number of likely N-dealkylation sites (tertiary alicyclic amines) is 1. The van der Waals surface area contributed by atoms with E-state index in [1.165, 1.54) is 0 Å². The van der Waals surface area contributed by atoms with Crippen LogP contribution in [-0.2, 0) is 0 Å². The van der Waals surface area contributed by atoms with Gasteiger partial charge in [-0.2, -0.15) is 0 Å². The van der Waals surface area contributed by atoms with E-state index in [4.69, 9.17) is 5.73 Å². The molecule has 0 atom stereocenters. The third kappa shape index (κ3) is 3.95. The molecule has 1 heterocycles. The smallest absolute Gasteiger partial charge is 0.251 e. The molecule has 4 nitrogen and oxygen atoms in total. The van der Waals surface area contributed by atoms with E-state index in [1.807, 2.05) is 0 Å². The number of nitrogens with zero attached hydrogens (tertiary/aromatic N) is 1. The van der Waals surface area contributed by atoms with Gasteiger partial charge in [0, 0.05) is 37.8 Å². The second-order valence-electron chi connectivity index (χ2n) is 5.13. The number of carbonyl (C=O) groups is 1. The largest absolute Gasteiger partial charge is 0.349 e. The van der Waals surface area contributed by atoms with Gasteiger partial charge in [0.1, 0.15) is 0 Å². The molecule has 7 heteroatoms. The number of rotatable bonds is 4. The zero-order chi connectivity index (χ0) is 15.4. The highest BCUT2D eigenvalue weighted by Crippen LogP contribution is 2.15. The number of hydrogen-bond acceptors (Lipinski definition) is 3. The molecule has 1 amide bonds. The highest BCUT2D eigenvalue weighted by Gasteiger charge is 2.22. The third-order valence-electron chi connectivity index (χ3n) is 3.61. The summed E-state index contributed by atoms with van der Waals surface area (Å²) in [4.78, 5) is 14.1. The van der Waals surface area contributed by atoms with Crippen molar-refractivity contribution in [2.24, 2.45) is 5.73 Å². The fraction of sp³-hybridized carbons (Fsp3) is 0.500. The molecule has 0 bridgehead atoms. The zero-order valence-electron chi connectivity index (χ0n) is 11.5. The molecule has 116 valence electrons. The first-order valence-corrected chi connectivity index (χ1v) is 6.89. The van der Waals surface area contributed by atoms with Crippen LogP contribution in [0.3, 0.4) is 0 Å². The molecule has 0 unspecified atom stereocenters. The Kier molecular flexibility index (Phi) is 5.19. The molecule has 0 saturated carbocycles. The van der Waals surface area contributed by atoms with E-state index in [1.54, 1.807) is 0 Å². The van der Waals surface area contributed by atoms with Gasteiger partial charge in [-0.25, -0.2) is 13.2 Å². The molecule has 0 spiro atoms. The van der Waals surface area contributed by atoms with E-state index in [-0.39, 0.29) is 11.6 Å². The normalized spacial score (nSPS) is 17.0. The second-order valence-corrected chi connectivity index (χ2v) is 5.13. The van der Waals surface area contributed by atoms with Crippen molar-refractivity contribution in [3.8, 4) is 0 Å². The van der Waals surface area contributed by atoms with Crippen molar-refractivity contribution in [1.29, 1.82) is 0 Å². The van der Waals surface area contributed by atoms with Crippen molar-refractivity contribution in [1.82, 2.24) is 10.2 Å². The average Bonchev–Trinajstić information content (AvgIpc) is 2.46. The lowest BCUT2D eigenvalue weighted by atomic mass is 10.0. The van der Waals surface area contributed by atoms with Crippen LogP contribution in [0.2, 0.25) is 0 Å². The molecule has 1 aromatic rings. The number of nitrogens with one attached hydrogen (secondary N) is 1. The van der Waals surface area contributed by atoms with Crippen LogP contribution in [0.1, 0.15) is 23.2 Å². The Morgan fingerprint density at radius 3 is 2.33 bits per heavy atom.